The Labute approximate surface area is 241 Å². The lowest BCUT2D eigenvalue weighted by atomic mass is 10.1. The second kappa shape index (κ2) is 12.2. The normalized spacial score (nSPS) is 14.2. The molecule has 196 valence electrons. The average Bonchev–Trinajstić information content (AvgIpc) is 3.13. The first-order valence-electron chi connectivity index (χ1n) is 11.5. The van der Waals surface area contributed by atoms with Gasteiger partial charge in [-0.2, -0.15) is 0 Å². The van der Waals surface area contributed by atoms with Gasteiger partial charge in [-0.3, -0.25) is 19.3 Å². The van der Waals surface area contributed by atoms with Crippen molar-refractivity contribution in [2.75, 3.05) is 19.0 Å². The summed E-state index contributed by atoms with van der Waals surface area (Å²) in [6, 6.07) is 16.4. The molecule has 3 aromatic rings. The molecule has 1 heterocycles. The quantitative estimate of drug-likeness (QED) is 0.260. The van der Waals surface area contributed by atoms with Crippen molar-refractivity contribution in [2.24, 2.45) is 0 Å². The molecular weight excluding hydrogens is 636 g/mol. The maximum absolute atomic E-state index is 12.9. The molecule has 1 aliphatic rings. The first-order valence-corrected chi connectivity index (χ1v) is 13.9. The summed E-state index contributed by atoms with van der Waals surface area (Å²) in [4.78, 5) is 39.5. The first-order chi connectivity index (χ1) is 18.1. The smallest absolute Gasteiger partial charge is 0.293 e. The van der Waals surface area contributed by atoms with Crippen LogP contribution in [0.2, 0.25) is 0 Å². The summed E-state index contributed by atoms with van der Waals surface area (Å²) in [5.41, 5.74) is 4.35. The minimum Gasteiger partial charge on any atom is -0.493 e. The van der Waals surface area contributed by atoms with Gasteiger partial charge in [0.05, 0.1) is 24.2 Å². The van der Waals surface area contributed by atoms with Crippen molar-refractivity contribution in [2.45, 2.75) is 20.4 Å². The van der Waals surface area contributed by atoms with E-state index in [0.29, 0.717) is 27.7 Å². The van der Waals surface area contributed by atoms with Gasteiger partial charge in [-0.25, -0.2) is 0 Å². The van der Waals surface area contributed by atoms with Crippen LogP contribution in [0.3, 0.4) is 0 Å². The SMILES string of the molecule is COc1cc(/C=C2/SC(=O)N(Cc3cccc(Br)c3)C2=O)ccc1OCC(=O)Nc1cc(C)c(C)cc1Br. The molecule has 0 radical (unpaired) electrons. The molecule has 38 heavy (non-hydrogen) atoms. The molecule has 1 N–H and O–H groups in total. The van der Waals surface area contributed by atoms with E-state index in [0.717, 1.165) is 37.4 Å². The molecule has 0 unspecified atom stereocenters. The Balaban J connectivity index is 1.42. The third-order valence-corrected chi connectivity index (χ3v) is 7.86. The van der Waals surface area contributed by atoms with E-state index in [1.165, 1.54) is 12.0 Å². The van der Waals surface area contributed by atoms with Crippen molar-refractivity contribution >= 4 is 72.4 Å². The molecule has 4 rings (SSSR count). The van der Waals surface area contributed by atoms with Gasteiger partial charge in [-0.05, 0) is 106 Å². The van der Waals surface area contributed by atoms with Gasteiger partial charge in [-0.15, -0.1) is 0 Å². The highest BCUT2D eigenvalue weighted by atomic mass is 79.9. The lowest BCUT2D eigenvalue weighted by Crippen LogP contribution is -2.27. The topological polar surface area (TPSA) is 84.9 Å². The zero-order chi connectivity index (χ0) is 27.4. The van der Waals surface area contributed by atoms with Crippen molar-refractivity contribution in [3.8, 4) is 11.5 Å². The van der Waals surface area contributed by atoms with Crippen LogP contribution in [0.4, 0.5) is 10.5 Å². The molecule has 3 aromatic carbocycles. The Morgan fingerprint density at radius 1 is 1.03 bits per heavy atom. The van der Waals surface area contributed by atoms with Crippen molar-refractivity contribution in [1.29, 1.82) is 0 Å². The van der Waals surface area contributed by atoms with Crippen molar-refractivity contribution < 1.29 is 23.9 Å². The minimum atomic E-state index is -0.353. The van der Waals surface area contributed by atoms with Gasteiger partial charge in [-0.1, -0.05) is 34.1 Å². The van der Waals surface area contributed by atoms with E-state index >= 15 is 0 Å². The Kier molecular flexibility index (Phi) is 8.96. The molecule has 10 heteroatoms. The van der Waals surface area contributed by atoms with E-state index in [1.54, 1.807) is 24.3 Å². The van der Waals surface area contributed by atoms with Gasteiger partial charge in [0.1, 0.15) is 0 Å². The molecule has 1 aliphatic heterocycles. The second-order valence-corrected chi connectivity index (χ2v) is 11.3. The third-order valence-electron chi connectivity index (χ3n) is 5.80. The largest absolute Gasteiger partial charge is 0.493 e. The summed E-state index contributed by atoms with van der Waals surface area (Å²) in [6.45, 7) is 3.95. The van der Waals surface area contributed by atoms with Crippen LogP contribution < -0.4 is 14.8 Å². The number of amides is 3. The fourth-order valence-electron chi connectivity index (χ4n) is 3.71. The van der Waals surface area contributed by atoms with Gasteiger partial charge >= 0.3 is 0 Å². The number of ether oxygens (including phenoxy) is 2. The molecule has 0 aromatic heterocycles. The van der Waals surface area contributed by atoms with Crippen molar-refractivity contribution in [3.63, 3.8) is 0 Å². The predicted molar refractivity (Wildman–Crippen MR) is 156 cm³/mol. The summed E-state index contributed by atoms with van der Waals surface area (Å²) >= 11 is 7.77. The Morgan fingerprint density at radius 3 is 2.53 bits per heavy atom. The van der Waals surface area contributed by atoms with Crippen LogP contribution in [-0.2, 0) is 16.1 Å². The zero-order valence-electron chi connectivity index (χ0n) is 20.8. The number of methoxy groups -OCH3 is 1. The van der Waals surface area contributed by atoms with Gasteiger partial charge in [0.25, 0.3) is 17.1 Å². The Hall–Kier alpha value is -3.08. The van der Waals surface area contributed by atoms with Crippen LogP contribution in [0.25, 0.3) is 6.08 Å². The highest BCUT2D eigenvalue weighted by molar-refractivity contribution is 9.10. The van der Waals surface area contributed by atoms with E-state index in [1.807, 2.05) is 50.2 Å². The van der Waals surface area contributed by atoms with E-state index in [4.69, 9.17) is 9.47 Å². The van der Waals surface area contributed by atoms with Crippen LogP contribution in [0.15, 0.2) is 68.4 Å². The molecule has 0 spiro atoms. The number of carbonyl (C=O) groups excluding carboxylic acids is 3. The number of imide groups is 1. The highest BCUT2D eigenvalue weighted by Crippen LogP contribution is 2.35. The number of hydrogen-bond donors (Lipinski definition) is 1. The van der Waals surface area contributed by atoms with Crippen LogP contribution in [0.1, 0.15) is 22.3 Å². The van der Waals surface area contributed by atoms with E-state index in [-0.39, 0.29) is 30.2 Å². The molecule has 1 fully saturated rings. The molecule has 7 nitrogen and oxygen atoms in total. The molecule has 3 amide bonds. The standard InChI is InChI=1S/C28H24Br2N2O5S/c1-16-9-21(30)22(10-17(16)2)31-26(33)15-37-23-8-7-18(12-24(23)36-3)13-25-27(34)32(28(35)38-25)14-19-5-4-6-20(29)11-19/h4-13H,14-15H2,1-3H3,(H,31,33)/b25-13+. The van der Waals surface area contributed by atoms with Crippen LogP contribution in [0.5, 0.6) is 11.5 Å². The Bertz CT molecular complexity index is 1460. The summed E-state index contributed by atoms with van der Waals surface area (Å²) in [5.74, 6) is 0.0987. The maximum atomic E-state index is 12.9. The predicted octanol–water partition coefficient (Wildman–Crippen LogP) is 7.09. The number of rotatable bonds is 8. The fourth-order valence-corrected chi connectivity index (χ4v) is 5.55. The lowest BCUT2D eigenvalue weighted by molar-refractivity contribution is -0.123. The summed E-state index contributed by atoms with van der Waals surface area (Å²) in [5, 5.41) is 2.51. The maximum Gasteiger partial charge on any atom is 0.293 e. The molecule has 0 atom stereocenters. The highest BCUT2D eigenvalue weighted by Gasteiger charge is 2.35. The molecule has 1 saturated heterocycles. The molecule has 0 saturated carbocycles. The van der Waals surface area contributed by atoms with E-state index in [9.17, 15) is 14.4 Å². The second-order valence-electron chi connectivity index (χ2n) is 8.56. The Morgan fingerprint density at radius 2 is 1.79 bits per heavy atom. The summed E-state index contributed by atoms with van der Waals surface area (Å²) in [7, 11) is 1.49. The van der Waals surface area contributed by atoms with E-state index in [2.05, 4.69) is 37.2 Å². The monoisotopic (exact) mass is 658 g/mol. The number of benzene rings is 3. The van der Waals surface area contributed by atoms with E-state index < -0.39 is 0 Å². The summed E-state index contributed by atoms with van der Waals surface area (Å²) < 4.78 is 12.8. The fraction of sp³-hybridized carbons (Fsp3) is 0.179. The van der Waals surface area contributed by atoms with Crippen molar-refractivity contribution in [3.05, 3.63) is 90.7 Å². The van der Waals surface area contributed by atoms with Crippen molar-refractivity contribution in [1.82, 2.24) is 4.90 Å². The number of halogens is 2. The number of nitrogens with zero attached hydrogens (tertiary/aromatic N) is 1. The average molecular weight is 660 g/mol. The first kappa shape index (κ1) is 27.9. The number of thioether (sulfide) groups is 1. The third kappa shape index (κ3) is 6.67. The number of anilines is 1. The number of aryl methyl sites for hydroxylation is 2. The number of carbonyl (C=O) groups is 3. The number of hydrogen-bond acceptors (Lipinski definition) is 6. The molecule has 0 bridgehead atoms. The van der Waals surface area contributed by atoms with Gasteiger partial charge in [0.15, 0.2) is 18.1 Å². The lowest BCUT2D eigenvalue weighted by Gasteiger charge is -2.13. The number of nitrogens with one attached hydrogen (secondary N) is 1. The van der Waals surface area contributed by atoms with Gasteiger partial charge in [0, 0.05) is 8.95 Å². The van der Waals surface area contributed by atoms with Crippen LogP contribution in [0, 0.1) is 13.8 Å². The van der Waals surface area contributed by atoms with Crippen LogP contribution >= 0.6 is 43.6 Å². The van der Waals surface area contributed by atoms with Gasteiger partial charge in [0.2, 0.25) is 0 Å². The zero-order valence-corrected chi connectivity index (χ0v) is 24.8. The molecule has 0 aliphatic carbocycles. The molecular formula is C28H24Br2N2O5S. The minimum absolute atomic E-state index is 0.193. The summed E-state index contributed by atoms with van der Waals surface area (Å²) in [6.07, 6.45) is 1.64. The van der Waals surface area contributed by atoms with Gasteiger partial charge < -0.3 is 14.8 Å². The van der Waals surface area contributed by atoms with Crippen LogP contribution in [-0.4, -0.2) is 35.7 Å².